The molecule has 0 aliphatic heterocycles. The summed E-state index contributed by atoms with van der Waals surface area (Å²) in [6, 6.07) is 6.45. The third-order valence-electron chi connectivity index (χ3n) is 3.90. The number of carbonyl (C=O) groups excluding carboxylic acids is 1. The Labute approximate surface area is 120 Å². The lowest BCUT2D eigenvalue weighted by atomic mass is 9.88. The first-order chi connectivity index (χ1) is 9.36. The van der Waals surface area contributed by atoms with E-state index >= 15 is 0 Å². The largest absolute Gasteiger partial charge is 0.388 e. The van der Waals surface area contributed by atoms with Crippen molar-refractivity contribution < 1.29 is 14.3 Å². The minimum atomic E-state index is -0.914. The molecule has 0 aliphatic rings. The molecule has 1 aromatic rings. The highest BCUT2D eigenvalue weighted by Crippen LogP contribution is 2.18. The topological polar surface area (TPSA) is 49.3 Å². The summed E-state index contributed by atoms with van der Waals surface area (Å²) in [6.07, 6.45) is 1.43. The summed E-state index contributed by atoms with van der Waals surface area (Å²) >= 11 is 0. The van der Waals surface area contributed by atoms with Gasteiger partial charge in [0.05, 0.1) is 5.60 Å². The van der Waals surface area contributed by atoms with Gasteiger partial charge in [-0.3, -0.25) is 4.79 Å². The Kier molecular flexibility index (Phi) is 6.14. The molecule has 2 N–H and O–H groups in total. The van der Waals surface area contributed by atoms with E-state index in [1.54, 1.807) is 25.1 Å². The molecule has 0 saturated carbocycles. The number of aryl methyl sites for hydroxylation is 1. The second-order valence-corrected chi connectivity index (χ2v) is 5.53. The molecule has 1 rings (SSSR count). The molecular formula is C16H24FNO2. The van der Waals surface area contributed by atoms with Gasteiger partial charge in [-0.25, -0.2) is 4.39 Å². The van der Waals surface area contributed by atoms with Crippen molar-refractivity contribution in [2.75, 3.05) is 6.54 Å². The number of hydrogen-bond donors (Lipinski definition) is 2. The number of amides is 1. The van der Waals surface area contributed by atoms with Gasteiger partial charge in [0.15, 0.2) is 0 Å². The molecule has 1 amide bonds. The van der Waals surface area contributed by atoms with Crippen LogP contribution in [0, 0.1) is 11.7 Å². The maximum absolute atomic E-state index is 13.4. The van der Waals surface area contributed by atoms with Gasteiger partial charge >= 0.3 is 0 Å². The van der Waals surface area contributed by atoms with E-state index in [1.807, 2.05) is 13.8 Å². The molecule has 0 aromatic heterocycles. The van der Waals surface area contributed by atoms with Gasteiger partial charge in [-0.2, -0.15) is 0 Å². The van der Waals surface area contributed by atoms with Crippen LogP contribution in [0.4, 0.5) is 4.39 Å². The highest BCUT2D eigenvalue weighted by Gasteiger charge is 2.27. The average Bonchev–Trinajstić information content (AvgIpc) is 2.43. The van der Waals surface area contributed by atoms with Gasteiger partial charge in [0.25, 0.3) is 0 Å². The van der Waals surface area contributed by atoms with E-state index in [9.17, 15) is 14.3 Å². The van der Waals surface area contributed by atoms with Crippen LogP contribution in [0.5, 0.6) is 0 Å². The van der Waals surface area contributed by atoms with Crippen molar-refractivity contribution in [3.8, 4) is 0 Å². The molecule has 1 aromatic carbocycles. The fraction of sp³-hybridized carbons (Fsp3) is 0.562. The van der Waals surface area contributed by atoms with Gasteiger partial charge in [0.1, 0.15) is 5.82 Å². The predicted molar refractivity (Wildman–Crippen MR) is 77.8 cm³/mol. The Morgan fingerprint density at radius 3 is 2.70 bits per heavy atom. The van der Waals surface area contributed by atoms with E-state index < -0.39 is 5.60 Å². The van der Waals surface area contributed by atoms with Crippen LogP contribution in [0.3, 0.4) is 0 Å². The molecule has 4 heteroatoms. The standard InChI is InChI=1S/C16H24FNO2/c1-4-12(2)16(3,20)11-18-15(19)10-9-13-7-5-6-8-14(13)17/h5-8,12,20H,4,9-11H2,1-3H3,(H,18,19). The Bertz CT molecular complexity index is 446. The second-order valence-electron chi connectivity index (χ2n) is 5.53. The number of benzene rings is 1. The Morgan fingerprint density at radius 1 is 1.45 bits per heavy atom. The molecule has 0 saturated heterocycles. The fourth-order valence-corrected chi connectivity index (χ4v) is 1.93. The van der Waals surface area contributed by atoms with Gasteiger partial charge in [-0.15, -0.1) is 0 Å². The van der Waals surface area contributed by atoms with E-state index in [0.29, 0.717) is 12.0 Å². The van der Waals surface area contributed by atoms with Crippen LogP contribution < -0.4 is 5.32 Å². The zero-order valence-electron chi connectivity index (χ0n) is 12.4. The average molecular weight is 281 g/mol. The van der Waals surface area contributed by atoms with Gasteiger partial charge in [-0.1, -0.05) is 38.5 Å². The molecule has 0 bridgehead atoms. The van der Waals surface area contributed by atoms with Crippen LogP contribution in [0.2, 0.25) is 0 Å². The molecule has 0 radical (unpaired) electrons. The second kappa shape index (κ2) is 7.39. The minimum absolute atomic E-state index is 0.106. The summed E-state index contributed by atoms with van der Waals surface area (Å²) in [7, 11) is 0. The molecule has 2 unspecified atom stereocenters. The third kappa shape index (κ3) is 4.93. The van der Waals surface area contributed by atoms with Gasteiger partial charge in [0.2, 0.25) is 5.91 Å². The SMILES string of the molecule is CCC(C)C(C)(O)CNC(=O)CCc1ccccc1F. The molecule has 0 fully saturated rings. The number of halogens is 1. The quantitative estimate of drug-likeness (QED) is 0.807. The van der Waals surface area contributed by atoms with Crippen molar-refractivity contribution in [2.24, 2.45) is 5.92 Å². The van der Waals surface area contributed by atoms with E-state index in [1.165, 1.54) is 6.07 Å². The van der Waals surface area contributed by atoms with Crippen LogP contribution in [-0.2, 0) is 11.2 Å². The van der Waals surface area contributed by atoms with Crippen molar-refractivity contribution in [1.29, 1.82) is 0 Å². The Hall–Kier alpha value is -1.42. The Morgan fingerprint density at radius 2 is 2.10 bits per heavy atom. The first-order valence-electron chi connectivity index (χ1n) is 7.09. The highest BCUT2D eigenvalue weighted by molar-refractivity contribution is 5.76. The van der Waals surface area contributed by atoms with Crippen LogP contribution in [-0.4, -0.2) is 23.2 Å². The number of hydrogen-bond acceptors (Lipinski definition) is 2. The number of nitrogens with one attached hydrogen (secondary N) is 1. The van der Waals surface area contributed by atoms with E-state index in [4.69, 9.17) is 0 Å². The number of rotatable bonds is 7. The third-order valence-corrected chi connectivity index (χ3v) is 3.90. The normalized spacial score (nSPS) is 15.4. The summed E-state index contributed by atoms with van der Waals surface area (Å²) < 4.78 is 13.4. The number of aliphatic hydroxyl groups is 1. The molecule has 2 atom stereocenters. The van der Waals surface area contributed by atoms with Gasteiger partial charge < -0.3 is 10.4 Å². The van der Waals surface area contributed by atoms with Crippen LogP contribution >= 0.6 is 0 Å². The lowest BCUT2D eigenvalue weighted by Gasteiger charge is -2.29. The smallest absolute Gasteiger partial charge is 0.220 e. The summed E-state index contributed by atoms with van der Waals surface area (Å²) in [5, 5.41) is 12.9. The highest BCUT2D eigenvalue weighted by atomic mass is 19.1. The molecule has 0 aliphatic carbocycles. The van der Waals surface area contributed by atoms with Gasteiger partial charge in [-0.05, 0) is 30.9 Å². The Balaban J connectivity index is 2.40. The van der Waals surface area contributed by atoms with Crippen molar-refractivity contribution in [3.05, 3.63) is 35.6 Å². The fourth-order valence-electron chi connectivity index (χ4n) is 1.93. The van der Waals surface area contributed by atoms with Crippen molar-refractivity contribution in [3.63, 3.8) is 0 Å². The first kappa shape index (κ1) is 16.6. The van der Waals surface area contributed by atoms with Crippen LogP contribution in [0.15, 0.2) is 24.3 Å². The van der Waals surface area contributed by atoms with Crippen LogP contribution in [0.1, 0.15) is 39.2 Å². The lowest BCUT2D eigenvalue weighted by molar-refractivity contribution is -0.122. The first-order valence-corrected chi connectivity index (χ1v) is 7.09. The monoisotopic (exact) mass is 281 g/mol. The van der Waals surface area contributed by atoms with Crippen molar-refractivity contribution in [1.82, 2.24) is 5.32 Å². The molecule has 112 valence electrons. The van der Waals surface area contributed by atoms with Crippen molar-refractivity contribution in [2.45, 2.75) is 45.6 Å². The van der Waals surface area contributed by atoms with Gasteiger partial charge in [0, 0.05) is 13.0 Å². The maximum atomic E-state index is 13.4. The van der Waals surface area contributed by atoms with E-state index in [-0.39, 0.29) is 30.6 Å². The van der Waals surface area contributed by atoms with Crippen molar-refractivity contribution >= 4 is 5.91 Å². The number of carbonyl (C=O) groups is 1. The van der Waals surface area contributed by atoms with Crippen LogP contribution in [0.25, 0.3) is 0 Å². The maximum Gasteiger partial charge on any atom is 0.220 e. The molecule has 20 heavy (non-hydrogen) atoms. The summed E-state index contributed by atoms with van der Waals surface area (Å²) in [5.41, 5.74) is -0.376. The predicted octanol–water partition coefficient (Wildman–Crippen LogP) is 2.67. The summed E-state index contributed by atoms with van der Waals surface area (Å²) in [6.45, 7) is 5.89. The van der Waals surface area contributed by atoms with E-state index in [0.717, 1.165) is 6.42 Å². The zero-order chi connectivity index (χ0) is 15.2. The molecular weight excluding hydrogens is 257 g/mol. The summed E-state index contributed by atoms with van der Waals surface area (Å²) in [4.78, 5) is 11.7. The van der Waals surface area contributed by atoms with E-state index in [2.05, 4.69) is 5.32 Å². The summed E-state index contributed by atoms with van der Waals surface area (Å²) in [5.74, 6) is -0.349. The molecule has 3 nitrogen and oxygen atoms in total. The zero-order valence-corrected chi connectivity index (χ0v) is 12.4. The minimum Gasteiger partial charge on any atom is -0.388 e. The molecule has 0 heterocycles. The molecule has 0 spiro atoms. The lowest BCUT2D eigenvalue weighted by Crippen LogP contribution is -2.45.